The van der Waals surface area contributed by atoms with Gasteiger partial charge in [-0.1, -0.05) is 6.08 Å². The van der Waals surface area contributed by atoms with E-state index in [1.807, 2.05) is 19.1 Å². The summed E-state index contributed by atoms with van der Waals surface area (Å²) in [5, 5.41) is 3.64. The predicted molar refractivity (Wildman–Crippen MR) is 127 cm³/mol. The van der Waals surface area contributed by atoms with Gasteiger partial charge < -0.3 is 24.3 Å². The molecule has 9 nitrogen and oxygen atoms in total. The van der Waals surface area contributed by atoms with E-state index in [-0.39, 0.29) is 29.5 Å². The molecule has 0 unspecified atom stereocenters. The van der Waals surface area contributed by atoms with Crippen molar-refractivity contribution in [2.45, 2.75) is 44.2 Å². The van der Waals surface area contributed by atoms with Gasteiger partial charge in [0.2, 0.25) is 5.91 Å². The highest BCUT2D eigenvalue weighted by Crippen LogP contribution is 2.46. The number of carbonyl (C=O) groups is 3. The van der Waals surface area contributed by atoms with Crippen molar-refractivity contribution in [3.63, 3.8) is 0 Å². The highest BCUT2D eigenvalue weighted by molar-refractivity contribution is 5.96. The van der Waals surface area contributed by atoms with Crippen LogP contribution in [0.4, 0.5) is 0 Å². The lowest BCUT2D eigenvalue weighted by Gasteiger charge is -2.20. The molecule has 0 spiro atoms. The third kappa shape index (κ3) is 4.42. The number of ether oxygens (including phenoxy) is 4. The average molecular weight is 483 g/mol. The van der Waals surface area contributed by atoms with Crippen LogP contribution in [0.15, 0.2) is 30.9 Å². The maximum atomic E-state index is 13.0. The molecular weight excluding hydrogens is 452 g/mol. The van der Waals surface area contributed by atoms with Crippen molar-refractivity contribution >= 4 is 28.7 Å². The number of carbonyl (C=O) groups excluding carboxylic acids is 3. The largest absolute Gasteiger partial charge is 0.496 e. The number of methoxy groups -OCH3 is 3. The van der Waals surface area contributed by atoms with Crippen LogP contribution in [0, 0.1) is 18.8 Å². The van der Waals surface area contributed by atoms with Gasteiger partial charge in [-0.05, 0) is 44.7 Å². The first kappa shape index (κ1) is 24.5. The number of amides is 1. The van der Waals surface area contributed by atoms with E-state index in [1.165, 1.54) is 14.2 Å². The number of nitrogens with one attached hydrogen (secondary N) is 1. The smallest absolute Gasteiger partial charge is 0.356 e. The van der Waals surface area contributed by atoms with Crippen LogP contribution in [-0.2, 0) is 19.1 Å². The number of nitrogens with zero attached hydrogens (tertiary/aromatic N) is 1. The van der Waals surface area contributed by atoms with Gasteiger partial charge in [0.1, 0.15) is 17.0 Å². The molecule has 4 rings (SSSR count). The second-order valence-corrected chi connectivity index (χ2v) is 9.03. The predicted octanol–water partition coefficient (Wildman–Crippen LogP) is 3.12. The molecule has 1 N–H and O–H groups in total. The van der Waals surface area contributed by atoms with Gasteiger partial charge in [-0.15, -0.1) is 6.58 Å². The minimum Gasteiger partial charge on any atom is -0.496 e. The third-order valence-electron chi connectivity index (χ3n) is 7.01. The van der Waals surface area contributed by atoms with Crippen molar-refractivity contribution < 1.29 is 33.3 Å². The molecule has 35 heavy (non-hydrogen) atoms. The molecule has 2 aliphatic carbocycles. The molecule has 0 bridgehead atoms. The lowest BCUT2D eigenvalue weighted by molar-refractivity contribution is -0.147. The minimum atomic E-state index is -1.01. The van der Waals surface area contributed by atoms with Gasteiger partial charge >= 0.3 is 11.9 Å². The summed E-state index contributed by atoms with van der Waals surface area (Å²) >= 11 is 0. The van der Waals surface area contributed by atoms with Crippen molar-refractivity contribution in [2.24, 2.45) is 11.8 Å². The summed E-state index contributed by atoms with van der Waals surface area (Å²) < 4.78 is 21.5. The second-order valence-electron chi connectivity index (χ2n) is 9.03. The summed E-state index contributed by atoms with van der Waals surface area (Å²) in [6, 6.07) is 5.23. The Bertz CT molecular complexity index is 1190. The van der Waals surface area contributed by atoms with Crippen LogP contribution < -0.4 is 14.8 Å². The van der Waals surface area contributed by atoms with Crippen molar-refractivity contribution in [3.8, 4) is 11.5 Å². The summed E-state index contributed by atoms with van der Waals surface area (Å²) in [5.74, 6) is -0.514. The van der Waals surface area contributed by atoms with E-state index in [2.05, 4.69) is 16.9 Å². The van der Waals surface area contributed by atoms with Gasteiger partial charge in [0.25, 0.3) is 0 Å². The first-order valence-corrected chi connectivity index (χ1v) is 11.5. The fraction of sp³-hybridized carbons (Fsp3) is 0.462. The number of fused-ring (bicyclic) bond motifs is 1. The van der Waals surface area contributed by atoms with Gasteiger partial charge in [0, 0.05) is 28.9 Å². The monoisotopic (exact) mass is 482 g/mol. The van der Waals surface area contributed by atoms with E-state index in [1.54, 1.807) is 19.3 Å². The summed E-state index contributed by atoms with van der Waals surface area (Å²) in [4.78, 5) is 42.0. The van der Waals surface area contributed by atoms with Crippen LogP contribution in [0.5, 0.6) is 11.5 Å². The fourth-order valence-corrected chi connectivity index (χ4v) is 4.88. The van der Waals surface area contributed by atoms with Crippen LogP contribution in [0.25, 0.3) is 10.9 Å². The number of rotatable bonds is 8. The molecule has 0 radical (unpaired) electrons. The van der Waals surface area contributed by atoms with E-state index in [9.17, 15) is 14.4 Å². The number of pyridine rings is 1. The van der Waals surface area contributed by atoms with Gasteiger partial charge in [-0.2, -0.15) is 0 Å². The average Bonchev–Trinajstić information content (AvgIpc) is 3.38. The lowest BCUT2D eigenvalue weighted by atomic mass is 10.1. The number of aromatic nitrogens is 1. The second kappa shape index (κ2) is 9.56. The van der Waals surface area contributed by atoms with E-state index in [0.29, 0.717) is 42.7 Å². The topological polar surface area (TPSA) is 113 Å². The standard InChI is InChI=1S/C26H30N2O7/c1-6-16-13-26(16,25(31)34-5)28-23(29)15-7-8-17(11-15)35-21-12-19(24(30)33-4)27-22-14(2)20(32-3)10-9-18(21)22/h6,9-10,12,15-17H,1,7-8,11,13H2,2-5H3,(H,28,29)/t15-,16+,17-,26+/m0/s1. The molecule has 0 aliphatic heterocycles. The lowest BCUT2D eigenvalue weighted by Crippen LogP contribution is -2.47. The minimum absolute atomic E-state index is 0.128. The molecule has 2 fully saturated rings. The van der Waals surface area contributed by atoms with E-state index in [4.69, 9.17) is 18.9 Å². The zero-order chi connectivity index (χ0) is 25.3. The molecule has 2 saturated carbocycles. The van der Waals surface area contributed by atoms with Crippen molar-refractivity contribution in [1.29, 1.82) is 0 Å². The van der Waals surface area contributed by atoms with Crippen LogP contribution >= 0.6 is 0 Å². The Hall–Kier alpha value is -3.62. The molecule has 1 aromatic carbocycles. The zero-order valence-electron chi connectivity index (χ0n) is 20.4. The molecule has 2 aromatic rings. The van der Waals surface area contributed by atoms with Crippen LogP contribution in [0.2, 0.25) is 0 Å². The zero-order valence-corrected chi connectivity index (χ0v) is 20.4. The first-order chi connectivity index (χ1) is 16.8. The Morgan fingerprint density at radius 3 is 2.54 bits per heavy atom. The molecule has 186 valence electrons. The van der Waals surface area contributed by atoms with Crippen LogP contribution in [0.1, 0.15) is 41.7 Å². The Kier molecular flexibility index (Phi) is 6.69. The highest BCUT2D eigenvalue weighted by atomic mass is 16.5. The van der Waals surface area contributed by atoms with E-state index in [0.717, 1.165) is 10.9 Å². The normalized spacial score (nSPS) is 25.0. The Balaban J connectivity index is 1.54. The molecule has 9 heteroatoms. The third-order valence-corrected chi connectivity index (χ3v) is 7.01. The Morgan fingerprint density at radius 2 is 1.91 bits per heavy atom. The molecule has 1 aromatic heterocycles. The fourth-order valence-electron chi connectivity index (χ4n) is 4.88. The molecule has 4 atom stereocenters. The molecule has 2 aliphatic rings. The van der Waals surface area contributed by atoms with Crippen molar-refractivity contribution in [1.82, 2.24) is 10.3 Å². The highest BCUT2D eigenvalue weighted by Gasteiger charge is 2.61. The number of benzene rings is 1. The molecule has 1 heterocycles. The number of esters is 2. The maximum Gasteiger partial charge on any atom is 0.356 e. The van der Waals surface area contributed by atoms with Crippen LogP contribution in [-0.4, -0.2) is 55.8 Å². The summed E-state index contributed by atoms with van der Waals surface area (Å²) in [6.45, 7) is 5.60. The van der Waals surface area contributed by atoms with E-state index >= 15 is 0 Å². The van der Waals surface area contributed by atoms with Gasteiger partial charge in [-0.3, -0.25) is 4.79 Å². The van der Waals surface area contributed by atoms with Gasteiger partial charge in [0.05, 0.1) is 33.0 Å². The summed E-state index contributed by atoms with van der Waals surface area (Å²) in [7, 11) is 4.18. The van der Waals surface area contributed by atoms with Crippen molar-refractivity contribution in [3.05, 3.63) is 42.1 Å². The number of aryl methyl sites for hydroxylation is 1. The van der Waals surface area contributed by atoms with Crippen LogP contribution in [0.3, 0.4) is 0 Å². The molecule has 1 amide bonds. The van der Waals surface area contributed by atoms with E-state index < -0.39 is 17.5 Å². The Labute approximate surface area is 203 Å². The number of hydrogen-bond donors (Lipinski definition) is 1. The molecular formula is C26H30N2O7. The van der Waals surface area contributed by atoms with Gasteiger partial charge in [0.15, 0.2) is 5.69 Å². The van der Waals surface area contributed by atoms with Crippen molar-refractivity contribution in [2.75, 3.05) is 21.3 Å². The summed E-state index contributed by atoms with van der Waals surface area (Å²) in [5.41, 5.74) is 0.472. The molecule has 0 saturated heterocycles. The number of hydrogen-bond acceptors (Lipinski definition) is 8. The maximum absolute atomic E-state index is 13.0. The van der Waals surface area contributed by atoms with Gasteiger partial charge in [-0.25, -0.2) is 14.6 Å². The SMILES string of the molecule is C=C[C@@H]1C[C@]1(NC(=O)[C@H]1CC[C@H](Oc2cc(C(=O)OC)nc3c(C)c(OC)ccc23)C1)C(=O)OC. The Morgan fingerprint density at radius 1 is 1.14 bits per heavy atom. The summed E-state index contributed by atoms with van der Waals surface area (Å²) in [6.07, 6.45) is 3.67. The first-order valence-electron chi connectivity index (χ1n) is 11.5. The quantitative estimate of drug-likeness (QED) is 0.451.